The Hall–Kier alpha value is -2.77. The molecule has 1 N–H and O–H groups in total. The Morgan fingerprint density at radius 3 is 2.55 bits per heavy atom. The van der Waals surface area contributed by atoms with Crippen LogP contribution in [0.4, 0.5) is 0 Å². The van der Waals surface area contributed by atoms with E-state index in [4.69, 9.17) is 4.52 Å². The molecule has 7 nitrogen and oxygen atoms in total. The summed E-state index contributed by atoms with van der Waals surface area (Å²) in [6.45, 7) is 9.98. The monoisotopic (exact) mass is 417 g/mol. The van der Waals surface area contributed by atoms with Gasteiger partial charge in [-0.1, -0.05) is 35.5 Å². The highest BCUT2D eigenvalue weighted by Gasteiger charge is 2.55. The maximum Gasteiger partial charge on any atom is 0.258 e. The molecule has 2 aromatic heterocycles. The molecule has 2 unspecified atom stereocenters. The van der Waals surface area contributed by atoms with Crippen molar-refractivity contribution in [3.63, 3.8) is 0 Å². The molecule has 4 bridgehead atoms. The minimum absolute atomic E-state index is 0.0572. The lowest BCUT2D eigenvalue weighted by molar-refractivity contribution is 0.0181. The third kappa shape index (κ3) is 2.91. The summed E-state index contributed by atoms with van der Waals surface area (Å²) in [7, 11) is 0. The van der Waals surface area contributed by atoms with Gasteiger partial charge >= 0.3 is 0 Å². The predicted molar refractivity (Wildman–Crippen MR) is 117 cm³/mol. The molecule has 3 aromatic rings. The molecule has 1 amide bonds. The van der Waals surface area contributed by atoms with Crippen LogP contribution in [0.1, 0.15) is 27.3 Å². The van der Waals surface area contributed by atoms with Crippen LogP contribution in [-0.4, -0.2) is 71.2 Å². The Labute approximate surface area is 181 Å². The van der Waals surface area contributed by atoms with E-state index in [-0.39, 0.29) is 17.4 Å². The first kappa shape index (κ1) is 19.0. The summed E-state index contributed by atoms with van der Waals surface area (Å²) in [4.78, 5) is 23.3. The van der Waals surface area contributed by atoms with Gasteiger partial charge in [0.15, 0.2) is 0 Å². The summed E-state index contributed by atoms with van der Waals surface area (Å²) in [5.74, 6) is 0.342. The van der Waals surface area contributed by atoms with E-state index >= 15 is 0 Å². The number of nitrogens with zero attached hydrogens (tertiary/aromatic N) is 4. The van der Waals surface area contributed by atoms with Crippen LogP contribution in [0.25, 0.3) is 11.1 Å². The Kier molecular flexibility index (Phi) is 4.20. The fraction of sp³-hybridized carbons (Fsp3) is 0.458. The molecule has 7 heteroatoms. The second-order valence-corrected chi connectivity index (χ2v) is 9.46. The van der Waals surface area contributed by atoms with Gasteiger partial charge in [-0.3, -0.25) is 4.79 Å². The average molecular weight is 418 g/mol. The van der Waals surface area contributed by atoms with Crippen LogP contribution in [0.5, 0.6) is 0 Å². The van der Waals surface area contributed by atoms with Gasteiger partial charge in [0.25, 0.3) is 11.6 Å². The summed E-state index contributed by atoms with van der Waals surface area (Å²) in [6.07, 6.45) is 0. The number of fused-ring (bicyclic) bond motifs is 2. The molecule has 0 spiro atoms. The van der Waals surface area contributed by atoms with Crippen LogP contribution in [0, 0.1) is 19.8 Å². The number of hydrogen-bond donors (Lipinski definition) is 1. The Balaban J connectivity index is 1.42. The molecule has 4 fully saturated rings. The predicted octanol–water partition coefficient (Wildman–Crippen LogP) is 2.14. The summed E-state index contributed by atoms with van der Waals surface area (Å²) < 4.78 is 5.36. The number of piperidine rings is 2. The minimum Gasteiger partial charge on any atom is -0.348 e. The number of carbonyl (C=O) groups is 1. The zero-order valence-corrected chi connectivity index (χ0v) is 18.0. The van der Waals surface area contributed by atoms with Crippen LogP contribution in [0.2, 0.25) is 0 Å². The molecule has 31 heavy (non-hydrogen) atoms. The number of nitrogens with one attached hydrogen (secondary N) is 1. The van der Waals surface area contributed by atoms with Crippen LogP contribution >= 0.6 is 0 Å². The molecule has 4 aliphatic rings. The van der Waals surface area contributed by atoms with Gasteiger partial charge < -0.3 is 19.6 Å². The number of pyridine rings is 1. The summed E-state index contributed by atoms with van der Waals surface area (Å²) in [5.41, 5.74) is 3.70. The summed E-state index contributed by atoms with van der Waals surface area (Å²) >= 11 is 0. The first-order valence-corrected chi connectivity index (χ1v) is 11.1. The van der Waals surface area contributed by atoms with Crippen LogP contribution in [-0.2, 0) is 5.41 Å². The fourth-order valence-corrected chi connectivity index (χ4v) is 6.18. The molecule has 160 valence electrons. The first-order valence-electron chi connectivity index (χ1n) is 11.1. The Morgan fingerprint density at radius 1 is 1.13 bits per heavy atom. The van der Waals surface area contributed by atoms with Crippen molar-refractivity contribution in [1.82, 2.24) is 25.3 Å². The van der Waals surface area contributed by atoms with E-state index in [1.165, 1.54) is 5.56 Å². The van der Waals surface area contributed by atoms with Crippen molar-refractivity contribution in [3.8, 4) is 0 Å². The number of benzene rings is 1. The van der Waals surface area contributed by atoms with E-state index in [0.717, 1.165) is 45.0 Å². The second-order valence-electron chi connectivity index (χ2n) is 9.46. The lowest BCUT2D eigenvalue weighted by atomic mass is 9.64. The van der Waals surface area contributed by atoms with E-state index in [2.05, 4.69) is 55.6 Å². The molecule has 4 aliphatic heterocycles. The minimum atomic E-state index is -0.112. The van der Waals surface area contributed by atoms with Gasteiger partial charge in [-0.2, -0.15) is 0 Å². The molecule has 7 rings (SSSR count). The van der Waals surface area contributed by atoms with Crippen molar-refractivity contribution < 1.29 is 9.32 Å². The average Bonchev–Trinajstić information content (AvgIpc) is 2.95. The van der Waals surface area contributed by atoms with E-state index < -0.39 is 0 Å². The van der Waals surface area contributed by atoms with Gasteiger partial charge in [0, 0.05) is 62.3 Å². The number of aryl methyl sites for hydroxylation is 2. The van der Waals surface area contributed by atoms with Gasteiger partial charge in [0.05, 0.1) is 16.6 Å². The third-order valence-electron chi connectivity index (χ3n) is 7.42. The quantitative estimate of drug-likeness (QED) is 0.704. The molecule has 1 aromatic carbocycles. The van der Waals surface area contributed by atoms with Gasteiger partial charge in [-0.25, -0.2) is 4.98 Å². The Bertz CT molecular complexity index is 1140. The maximum atomic E-state index is 13.7. The number of hydrogen-bond acceptors (Lipinski definition) is 6. The number of carbonyl (C=O) groups excluding carboxylic acids is 1. The van der Waals surface area contributed by atoms with Gasteiger partial charge in [-0.05, 0) is 25.5 Å². The highest BCUT2D eigenvalue weighted by atomic mass is 16.5. The van der Waals surface area contributed by atoms with E-state index in [9.17, 15) is 4.79 Å². The lowest BCUT2D eigenvalue weighted by Crippen LogP contribution is -2.70. The smallest absolute Gasteiger partial charge is 0.258 e. The molecule has 6 heterocycles. The van der Waals surface area contributed by atoms with Gasteiger partial charge in [-0.15, -0.1) is 0 Å². The van der Waals surface area contributed by atoms with Crippen molar-refractivity contribution in [2.24, 2.45) is 5.92 Å². The fourth-order valence-electron chi connectivity index (χ4n) is 6.18. The van der Waals surface area contributed by atoms with E-state index in [1.807, 2.05) is 19.9 Å². The number of aromatic nitrogens is 2. The van der Waals surface area contributed by atoms with Crippen LogP contribution in [0.3, 0.4) is 0 Å². The zero-order valence-electron chi connectivity index (χ0n) is 18.0. The van der Waals surface area contributed by atoms with Crippen LogP contribution in [0.15, 0.2) is 40.9 Å². The largest absolute Gasteiger partial charge is 0.348 e. The number of amides is 1. The van der Waals surface area contributed by atoms with Crippen LogP contribution < -0.4 is 5.32 Å². The summed E-state index contributed by atoms with van der Waals surface area (Å²) in [6, 6.07) is 12.7. The highest BCUT2D eigenvalue weighted by Crippen LogP contribution is 2.43. The van der Waals surface area contributed by atoms with Crippen molar-refractivity contribution >= 4 is 17.0 Å². The SMILES string of the molecule is Cc1cc(C(=O)N[C@@H]2C3CN4CCN(C3)CC2(c2ccccc2)C4)c2c(C)noc2n1. The van der Waals surface area contributed by atoms with Crippen molar-refractivity contribution in [3.05, 3.63) is 58.9 Å². The molecular weight excluding hydrogens is 390 g/mol. The zero-order chi connectivity index (χ0) is 21.2. The van der Waals surface area contributed by atoms with E-state index in [1.54, 1.807) is 0 Å². The normalized spacial score (nSPS) is 31.7. The summed E-state index contributed by atoms with van der Waals surface area (Å²) in [5, 5.41) is 8.25. The molecule has 0 aliphatic carbocycles. The number of rotatable bonds is 3. The van der Waals surface area contributed by atoms with Crippen molar-refractivity contribution in [2.75, 3.05) is 39.3 Å². The molecule has 0 radical (unpaired) electrons. The molecule has 4 saturated heterocycles. The third-order valence-corrected chi connectivity index (χ3v) is 7.42. The van der Waals surface area contributed by atoms with Crippen molar-refractivity contribution in [2.45, 2.75) is 25.3 Å². The van der Waals surface area contributed by atoms with Gasteiger partial charge in [0.2, 0.25) is 0 Å². The highest BCUT2D eigenvalue weighted by molar-refractivity contribution is 6.06. The molecular formula is C24H27N5O2. The first-order chi connectivity index (χ1) is 15.0. The van der Waals surface area contributed by atoms with Gasteiger partial charge in [0.1, 0.15) is 0 Å². The maximum absolute atomic E-state index is 13.7. The van der Waals surface area contributed by atoms with E-state index in [0.29, 0.717) is 28.3 Å². The molecule has 0 saturated carbocycles. The van der Waals surface area contributed by atoms with Crippen molar-refractivity contribution in [1.29, 1.82) is 0 Å². The topological polar surface area (TPSA) is 74.5 Å². The Morgan fingerprint density at radius 2 is 1.84 bits per heavy atom. The second kappa shape index (κ2) is 6.87. The molecule has 3 atom stereocenters. The lowest BCUT2D eigenvalue weighted by Gasteiger charge is -2.55. The standard InChI is InChI=1S/C24H27N5O2/c1-15-10-19(20-16(2)27-31-23(20)25-15)22(30)26-21-17-11-28-8-9-29(12-17)14-24(21,13-28)18-6-4-3-5-7-18/h3-7,10,17,21H,8-9,11-14H2,1-2H3,(H,26,30)/t17?,21-,24?/m1/s1.